The van der Waals surface area contributed by atoms with E-state index in [0.717, 1.165) is 0 Å². The molecule has 12 heavy (non-hydrogen) atoms. The van der Waals surface area contributed by atoms with E-state index in [1.807, 2.05) is 0 Å². The normalized spacial score (nSPS) is 9.58. The van der Waals surface area contributed by atoms with Crippen molar-refractivity contribution in [3.63, 3.8) is 0 Å². The van der Waals surface area contributed by atoms with Crippen molar-refractivity contribution in [1.29, 1.82) is 5.41 Å². The van der Waals surface area contributed by atoms with Crippen LogP contribution in [0.3, 0.4) is 0 Å². The Kier molecular flexibility index (Phi) is 2.81. The summed E-state index contributed by atoms with van der Waals surface area (Å²) >= 11 is 3.18. The molecule has 0 spiro atoms. The van der Waals surface area contributed by atoms with Crippen molar-refractivity contribution in [3.05, 3.63) is 34.1 Å². The molecule has 1 aromatic rings. The molecule has 0 aliphatic carbocycles. The van der Waals surface area contributed by atoms with E-state index in [1.165, 1.54) is 25.3 Å². The van der Waals surface area contributed by atoms with Gasteiger partial charge in [0.15, 0.2) is 0 Å². The van der Waals surface area contributed by atoms with E-state index in [-0.39, 0.29) is 11.7 Å². The van der Waals surface area contributed by atoms with Crippen molar-refractivity contribution >= 4 is 21.8 Å². The monoisotopic (exact) mass is 231 g/mol. The highest BCUT2D eigenvalue weighted by Gasteiger charge is 2.06. The van der Waals surface area contributed by atoms with E-state index in [9.17, 15) is 4.39 Å². The molecular weight excluding hydrogens is 225 g/mol. The molecule has 2 nitrogen and oxygen atoms in total. The largest absolute Gasteiger partial charge is 0.481 e. The van der Waals surface area contributed by atoms with Gasteiger partial charge >= 0.3 is 0 Å². The van der Waals surface area contributed by atoms with Crippen molar-refractivity contribution in [1.82, 2.24) is 0 Å². The molecule has 0 atom stereocenters. The summed E-state index contributed by atoms with van der Waals surface area (Å²) in [6.45, 7) is 0. The highest BCUT2D eigenvalue weighted by Crippen LogP contribution is 2.18. The van der Waals surface area contributed by atoms with Gasteiger partial charge in [-0.15, -0.1) is 0 Å². The number of ether oxygens (including phenoxy) is 1. The van der Waals surface area contributed by atoms with Gasteiger partial charge < -0.3 is 4.74 Å². The molecule has 0 radical (unpaired) electrons. The quantitative estimate of drug-likeness (QED) is 0.585. The van der Waals surface area contributed by atoms with Crippen LogP contribution in [-0.2, 0) is 4.74 Å². The first-order chi connectivity index (χ1) is 5.65. The lowest BCUT2D eigenvalue weighted by molar-refractivity contribution is 0.400. The minimum absolute atomic E-state index is 0.0543. The molecule has 4 heteroatoms. The zero-order valence-electron chi connectivity index (χ0n) is 6.40. The Balaban J connectivity index is 3.13. The van der Waals surface area contributed by atoms with E-state index in [0.29, 0.717) is 10.0 Å². The van der Waals surface area contributed by atoms with Crippen molar-refractivity contribution in [2.45, 2.75) is 0 Å². The lowest BCUT2D eigenvalue weighted by Gasteiger charge is -2.04. The van der Waals surface area contributed by atoms with Crippen LogP contribution < -0.4 is 0 Å². The summed E-state index contributed by atoms with van der Waals surface area (Å²) in [5.41, 5.74) is 0.414. The number of benzene rings is 1. The highest BCUT2D eigenvalue weighted by atomic mass is 79.9. The number of hydrogen-bond donors (Lipinski definition) is 1. The van der Waals surface area contributed by atoms with E-state index in [4.69, 9.17) is 5.41 Å². The Morgan fingerprint density at radius 1 is 1.58 bits per heavy atom. The molecular formula is C8H7BrFNO. The molecule has 1 rings (SSSR count). The second-order valence-electron chi connectivity index (χ2n) is 2.16. The third-order valence-electron chi connectivity index (χ3n) is 1.38. The van der Waals surface area contributed by atoms with E-state index in [2.05, 4.69) is 20.7 Å². The molecule has 0 aliphatic rings. The maximum absolute atomic E-state index is 12.7. The maximum Gasteiger partial charge on any atom is 0.214 e. The molecule has 0 bridgehead atoms. The minimum atomic E-state index is -0.380. The number of rotatable bonds is 1. The van der Waals surface area contributed by atoms with E-state index >= 15 is 0 Å². The lowest BCUT2D eigenvalue weighted by atomic mass is 10.2. The van der Waals surface area contributed by atoms with Crippen LogP contribution in [0.15, 0.2) is 22.7 Å². The minimum Gasteiger partial charge on any atom is -0.481 e. The van der Waals surface area contributed by atoms with Crippen molar-refractivity contribution in [2.75, 3.05) is 7.11 Å². The van der Waals surface area contributed by atoms with Gasteiger partial charge in [-0.2, -0.15) is 0 Å². The van der Waals surface area contributed by atoms with Crippen LogP contribution in [0.25, 0.3) is 0 Å². The predicted octanol–water partition coefficient (Wildman–Crippen LogP) is 2.56. The van der Waals surface area contributed by atoms with Crippen molar-refractivity contribution in [3.8, 4) is 0 Å². The second-order valence-corrected chi connectivity index (χ2v) is 3.01. The van der Waals surface area contributed by atoms with Gasteiger partial charge in [0.1, 0.15) is 5.82 Å². The Bertz CT molecular complexity index is 314. The molecule has 0 fully saturated rings. The first-order valence-electron chi connectivity index (χ1n) is 3.23. The summed E-state index contributed by atoms with van der Waals surface area (Å²) in [5, 5.41) is 7.30. The summed E-state index contributed by atoms with van der Waals surface area (Å²) < 4.78 is 18.0. The highest BCUT2D eigenvalue weighted by molar-refractivity contribution is 9.10. The molecule has 0 amide bonds. The Morgan fingerprint density at radius 2 is 2.25 bits per heavy atom. The molecule has 0 aromatic heterocycles. The summed E-state index contributed by atoms with van der Waals surface area (Å²) in [5.74, 6) is -0.434. The third kappa shape index (κ3) is 1.82. The summed E-state index contributed by atoms with van der Waals surface area (Å²) in [4.78, 5) is 0. The zero-order valence-corrected chi connectivity index (χ0v) is 7.98. The second kappa shape index (κ2) is 3.67. The Labute approximate surface area is 78.0 Å². The van der Waals surface area contributed by atoms with Gasteiger partial charge in [-0.1, -0.05) is 0 Å². The van der Waals surface area contributed by atoms with Crippen LogP contribution in [-0.4, -0.2) is 13.0 Å². The molecule has 1 N–H and O–H groups in total. The standard InChI is InChI=1S/C8H7BrFNO/c1-12-8(11)6-4-5(10)2-3-7(6)9/h2-4,11H,1H3. The first kappa shape index (κ1) is 9.19. The van der Waals surface area contributed by atoms with E-state index in [1.54, 1.807) is 0 Å². The van der Waals surface area contributed by atoms with Crippen LogP contribution in [0, 0.1) is 11.2 Å². The first-order valence-corrected chi connectivity index (χ1v) is 4.02. The molecule has 0 saturated heterocycles. The average molecular weight is 232 g/mol. The third-order valence-corrected chi connectivity index (χ3v) is 2.07. The van der Waals surface area contributed by atoms with Gasteiger partial charge in [0.05, 0.1) is 12.7 Å². The summed E-state index contributed by atoms with van der Waals surface area (Å²) in [6, 6.07) is 4.10. The van der Waals surface area contributed by atoms with Gasteiger partial charge in [-0.05, 0) is 34.1 Å². The fourth-order valence-electron chi connectivity index (χ4n) is 0.781. The fourth-order valence-corrected chi connectivity index (χ4v) is 1.21. The molecule has 0 heterocycles. The number of nitrogens with one attached hydrogen (secondary N) is 1. The Hall–Kier alpha value is -0.900. The zero-order chi connectivity index (χ0) is 9.14. The van der Waals surface area contributed by atoms with Gasteiger partial charge in [0.25, 0.3) is 0 Å². The van der Waals surface area contributed by atoms with Crippen LogP contribution in [0.2, 0.25) is 0 Å². The van der Waals surface area contributed by atoms with Gasteiger partial charge in [-0.25, -0.2) is 4.39 Å². The molecule has 0 unspecified atom stereocenters. The van der Waals surface area contributed by atoms with Gasteiger partial charge in [0.2, 0.25) is 5.90 Å². The van der Waals surface area contributed by atoms with Crippen LogP contribution in [0.4, 0.5) is 4.39 Å². The smallest absolute Gasteiger partial charge is 0.214 e. The number of methoxy groups -OCH3 is 1. The van der Waals surface area contributed by atoms with E-state index < -0.39 is 0 Å². The van der Waals surface area contributed by atoms with Gasteiger partial charge in [-0.3, -0.25) is 5.41 Å². The lowest BCUT2D eigenvalue weighted by Crippen LogP contribution is -2.02. The fraction of sp³-hybridized carbons (Fsp3) is 0.125. The summed E-state index contributed by atoms with van der Waals surface area (Å²) in [6.07, 6.45) is 0. The topological polar surface area (TPSA) is 33.1 Å². The van der Waals surface area contributed by atoms with Crippen LogP contribution in [0.1, 0.15) is 5.56 Å². The SMILES string of the molecule is COC(=N)c1cc(F)ccc1Br. The number of halogens is 2. The van der Waals surface area contributed by atoms with Gasteiger partial charge in [0, 0.05) is 4.47 Å². The van der Waals surface area contributed by atoms with Crippen LogP contribution >= 0.6 is 15.9 Å². The molecule has 64 valence electrons. The molecule has 1 aromatic carbocycles. The Morgan fingerprint density at radius 3 is 2.83 bits per heavy atom. The predicted molar refractivity (Wildman–Crippen MR) is 47.9 cm³/mol. The molecule has 0 saturated carbocycles. The van der Waals surface area contributed by atoms with Crippen molar-refractivity contribution in [2.24, 2.45) is 0 Å². The maximum atomic E-state index is 12.7. The van der Waals surface area contributed by atoms with Crippen LogP contribution in [0.5, 0.6) is 0 Å². The molecule has 0 aliphatic heterocycles. The average Bonchev–Trinajstić information content (AvgIpc) is 2.08. The summed E-state index contributed by atoms with van der Waals surface area (Å²) in [7, 11) is 1.37. The van der Waals surface area contributed by atoms with Crippen molar-refractivity contribution < 1.29 is 9.13 Å². The number of hydrogen-bond acceptors (Lipinski definition) is 2.